The van der Waals surface area contributed by atoms with E-state index in [0.29, 0.717) is 11.6 Å². The number of nitrogens with two attached hydrogens (primary N) is 1. The number of pyridine rings is 1. The van der Waals surface area contributed by atoms with Gasteiger partial charge in [0.1, 0.15) is 5.82 Å². The number of anilines is 2. The molecule has 4 nitrogen and oxygen atoms in total. The van der Waals surface area contributed by atoms with E-state index in [-0.39, 0.29) is 0 Å². The van der Waals surface area contributed by atoms with Crippen LogP contribution in [0, 0.1) is 0 Å². The third-order valence-electron chi connectivity index (χ3n) is 2.16. The van der Waals surface area contributed by atoms with Gasteiger partial charge in [0.05, 0.1) is 23.1 Å². The fraction of sp³-hybridized carbons (Fsp3) is 0.182. The van der Waals surface area contributed by atoms with Crippen molar-refractivity contribution in [1.82, 2.24) is 4.98 Å². The van der Waals surface area contributed by atoms with Crippen molar-refractivity contribution < 1.29 is 4.74 Å². The van der Waals surface area contributed by atoms with Crippen molar-refractivity contribution in [3.8, 4) is 5.88 Å². The molecular formula is C11H12BrN3OS. The van der Waals surface area contributed by atoms with E-state index in [4.69, 9.17) is 10.5 Å². The molecule has 0 spiro atoms. The Labute approximate surface area is 112 Å². The smallest absolute Gasteiger partial charge is 0.238 e. The minimum atomic E-state index is 0.447. The van der Waals surface area contributed by atoms with Crippen LogP contribution in [0.15, 0.2) is 28.1 Å². The molecule has 6 heteroatoms. The number of nitrogens with one attached hydrogen (secondary N) is 1. The lowest BCUT2D eigenvalue weighted by Gasteiger charge is -2.07. The van der Waals surface area contributed by atoms with E-state index >= 15 is 0 Å². The molecule has 0 aliphatic heterocycles. The van der Waals surface area contributed by atoms with Crippen molar-refractivity contribution in [2.24, 2.45) is 0 Å². The molecule has 90 valence electrons. The number of hydrogen-bond acceptors (Lipinski definition) is 5. The summed E-state index contributed by atoms with van der Waals surface area (Å²) >= 11 is 5.12. The molecule has 0 amide bonds. The van der Waals surface area contributed by atoms with Crippen molar-refractivity contribution in [2.75, 3.05) is 18.2 Å². The van der Waals surface area contributed by atoms with Crippen molar-refractivity contribution >= 4 is 38.8 Å². The molecule has 0 aromatic carbocycles. The molecule has 0 atom stereocenters. The molecule has 0 saturated carbocycles. The highest BCUT2D eigenvalue weighted by molar-refractivity contribution is 9.11. The predicted octanol–water partition coefficient (Wildman–Crippen LogP) is 3.11. The molecule has 0 unspecified atom stereocenters. The average Bonchev–Trinajstić information content (AvgIpc) is 2.74. The highest BCUT2D eigenvalue weighted by Crippen LogP contribution is 2.24. The molecule has 0 aliphatic carbocycles. The minimum absolute atomic E-state index is 0.447. The normalized spacial score (nSPS) is 10.2. The summed E-state index contributed by atoms with van der Waals surface area (Å²) < 4.78 is 6.18. The van der Waals surface area contributed by atoms with E-state index in [1.54, 1.807) is 24.5 Å². The molecule has 0 aliphatic rings. The van der Waals surface area contributed by atoms with Gasteiger partial charge in [-0.25, -0.2) is 0 Å². The quantitative estimate of drug-likeness (QED) is 0.910. The molecule has 0 radical (unpaired) electrons. The number of thiophene rings is 1. The van der Waals surface area contributed by atoms with Gasteiger partial charge in [-0.1, -0.05) is 0 Å². The molecule has 17 heavy (non-hydrogen) atoms. The first kappa shape index (κ1) is 12.2. The fourth-order valence-electron chi connectivity index (χ4n) is 1.34. The summed E-state index contributed by atoms with van der Waals surface area (Å²) in [5.41, 5.74) is 6.23. The van der Waals surface area contributed by atoms with Crippen LogP contribution in [-0.2, 0) is 6.54 Å². The van der Waals surface area contributed by atoms with Crippen molar-refractivity contribution in [3.05, 3.63) is 32.9 Å². The van der Waals surface area contributed by atoms with Gasteiger partial charge in [-0.3, -0.25) is 0 Å². The maximum absolute atomic E-state index is 5.69. The van der Waals surface area contributed by atoms with Gasteiger partial charge in [0.15, 0.2) is 0 Å². The zero-order valence-corrected chi connectivity index (χ0v) is 11.6. The zero-order valence-electron chi connectivity index (χ0n) is 9.24. The number of methoxy groups -OCH3 is 1. The Balaban J connectivity index is 2.04. The number of nitrogens with zero attached hydrogens (tertiary/aromatic N) is 1. The fourth-order valence-corrected chi connectivity index (χ4v) is 2.76. The second kappa shape index (κ2) is 5.37. The summed E-state index contributed by atoms with van der Waals surface area (Å²) in [6.07, 6.45) is 0. The molecule has 2 rings (SSSR count). The lowest BCUT2D eigenvalue weighted by Crippen LogP contribution is -2.02. The van der Waals surface area contributed by atoms with Crippen LogP contribution >= 0.6 is 27.3 Å². The first-order valence-corrected chi connectivity index (χ1v) is 6.58. The number of hydrogen-bond donors (Lipinski definition) is 2. The van der Waals surface area contributed by atoms with Crippen LogP contribution in [0.3, 0.4) is 0 Å². The highest BCUT2D eigenvalue weighted by Gasteiger charge is 2.03. The lowest BCUT2D eigenvalue weighted by atomic mass is 10.4. The van der Waals surface area contributed by atoms with Gasteiger partial charge in [0.2, 0.25) is 5.88 Å². The molecule has 3 N–H and O–H groups in total. The summed E-state index contributed by atoms with van der Waals surface area (Å²) in [4.78, 5) is 5.48. The third-order valence-corrected chi connectivity index (χ3v) is 3.78. The van der Waals surface area contributed by atoms with Crippen LogP contribution in [0.2, 0.25) is 0 Å². The maximum atomic E-state index is 5.69. The number of ether oxygens (including phenoxy) is 1. The number of nitrogen functional groups attached to an aromatic ring is 1. The molecule has 2 heterocycles. The van der Waals surface area contributed by atoms with E-state index in [2.05, 4.69) is 32.3 Å². The average molecular weight is 314 g/mol. The molecule has 0 saturated heterocycles. The van der Waals surface area contributed by atoms with Crippen LogP contribution in [0.25, 0.3) is 0 Å². The van der Waals surface area contributed by atoms with Gasteiger partial charge >= 0.3 is 0 Å². The lowest BCUT2D eigenvalue weighted by molar-refractivity contribution is 0.401. The van der Waals surface area contributed by atoms with Gasteiger partial charge in [-0.15, -0.1) is 11.3 Å². The Kier molecular flexibility index (Phi) is 3.86. The van der Waals surface area contributed by atoms with E-state index in [9.17, 15) is 0 Å². The summed E-state index contributed by atoms with van der Waals surface area (Å²) in [5, 5.41) is 3.22. The first-order chi connectivity index (χ1) is 8.19. The van der Waals surface area contributed by atoms with E-state index in [1.807, 2.05) is 12.1 Å². The van der Waals surface area contributed by atoms with Gasteiger partial charge in [-0.05, 0) is 40.2 Å². The largest absolute Gasteiger partial charge is 0.479 e. The van der Waals surface area contributed by atoms with Crippen molar-refractivity contribution in [2.45, 2.75) is 6.54 Å². The third kappa shape index (κ3) is 3.10. The van der Waals surface area contributed by atoms with Crippen molar-refractivity contribution in [1.29, 1.82) is 0 Å². The second-order valence-electron chi connectivity index (χ2n) is 3.35. The molecular weight excluding hydrogens is 302 g/mol. The Morgan fingerprint density at radius 1 is 1.41 bits per heavy atom. The Morgan fingerprint density at radius 3 is 2.88 bits per heavy atom. The van der Waals surface area contributed by atoms with Gasteiger partial charge in [-0.2, -0.15) is 4.98 Å². The Bertz CT molecular complexity index is 515. The first-order valence-electron chi connectivity index (χ1n) is 4.97. The van der Waals surface area contributed by atoms with E-state index in [0.717, 1.165) is 16.1 Å². The zero-order chi connectivity index (χ0) is 12.3. The van der Waals surface area contributed by atoms with Crippen LogP contribution in [0.1, 0.15) is 4.88 Å². The predicted molar refractivity (Wildman–Crippen MR) is 74.5 cm³/mol. The summed E-state index contributed by atoms with van der Waals surface area (Å²) in [5.74, 6) is 1.20. The highest BCUT2D eigenvalue weighted by atomic mass is 79.9. The number of halogens is 1. The van der Waals surface area contributed by atoms with Gasteiger partial charge < -0.3 is 15.8 Å². The van der Waals surface area contributed by atoms with Crippen LogP contribution < -0.4 is 15.8 Å². The van der Waals surface area contributed by atoms with E-state index in [1.165, 1.54) is 4.88 Å². The van der Waals surface area contributed by atoms with Crippen molar-refractivity contribution in [3.63, 3.8) is 0 Å². The maximum Gasteiger partial charge on any atom is 0.238 e. The minimum Gasteiger partial charge on any atom is -0.479 e. The summed E-state index contributed by atoms with van der Waals surface area (Å²) in [7, 11) is 1.55. The number of rotatable bonds is 4. The standard InChI is InChI=1S/C11H12BrN3OS/c1-16-11-8(13)3-5-10(15-11)14-6-7-2-4-9(12)17-7/h2-5H,6,13H2,1H3,(H,14,15). The molecule has 0 fully saturated rings. The topological polar surface area (TPSA) is 60.2 Å². The van der Waals surface area contributed by atoms with Gasteiger partial charge in [0.25, 0.3) is 0 Å². The monoisotopic (exact) mass is 313 g/mol. The van der Waals surface area contributed by atoms with E-state index < -0.39 is 0 Å². The number of aromatic nitrogens is 1. The summed E-state index contributed by atoms with van der Waals surface area (Å²) in [6, 6.07) is 7.70. The molecule has 2 aromatic heterocycles. The molecule has 2 aromatic rings. The second-order valence-corrected chi connectivity index (χ2v) is 5.90. The van der Waals surface area contributed by atoms with Crippen LogP contribution in [-0.4, -0.2) is 12.1 Å². The van der Waals surface area contributed by atoms with Crippen LogP contribution in [0.4, 0.5) is 11.5 Å². The van der Waals surface area contributed by atoms with Crippen LogP contribution in [0.5, 0.6) is 5.88 Å². The van der Waals surface area contributed by atoms with Gasteiger partial charge in [0, 0.05) is 4.88 Å². The Morgan fingerprint density at radius 2 is 2.24 bits per heavy atom. The molecule has 0 bridgehead atoms. The Hall–Kier alpha value is -1.27. The summed E-state index contributed by atoms with van der Waals surface area (Å²) in [6.45, 7) is 0.732. The SMILES string of the molecule is COc1nc(NCc2ccc(Br)s2)ccc1N.